The maximum Gasteiger partial charge on any atom is 0.326 e. The van der Waals surface area contributed by atoms with E-state index in [1.165, 1.54) is 30.3 Å². The van der Waals surface area contributed by atoms with Gasteiger partial charge in [-0.2, -0.15) is 8.78 Å². The second kappa shape index (κ2) is 16.4. The van der Waals surface area contributed by atoms with E-state index in [0.717, 1.165) is 18.9 Å². The largest absolute Gasteiger partial charge is 0.466 e. The fourth-order valence-electron chi connectivity index (χ4n) is 4.70. The van der Waals surface area contributed by atoms with E-state index in [-0.39, 0.29) is 17.4 Å². The standard InChI is InChI=1S/C32H38F2N2O6/c1-2-41-29(38)17-11-3-4-12-22-36-26(19-21-28(36)37)18-20-27(32(33,34)25-15-9-6-10-16-25)42-30(39)23-35-31(40)24-13-7-5-8-14-24/h5-10,13-16,18,20,26-27H,2-4,11-12,17,19,21-23H2,1H3,(H,35,40)/b20-18+/t26-,27+/m0/s1. The number of nitrogens with one attached hydrogen (secondary N) is 1. The van der Waals surface area contributed by atoms with Crippen molar-refractivity contribution in [1.82, 2.24) is 10.2 Å². The van der Waals surface area contributed by atoms with Gasteiger partial charge in [0.1, 0.15) is 6.54 Å². The number of carbonyl (C=O) groups is 4. The molecule has 42 heavy (non-hydrogen) atoms. The maximum absolute atomic E-state index is 15.6. The predicted molar refractivity (Wildman–Crippen MR) is 153 cm³/mol. The van der Waals surface area contributed by atoms with E-state index < -0.39 is 36.5 Å². The average Bonchev–Trinajstić information content (AvgIpc) is 3.35. The zero-order chi connectivity index (χ0) is 30.4. The van der Waals surface area contributed by atoms with Crippen LogP contribution >= 0.6 is 0 Å². The summed E-state index contributed by atoms with van der Waals surface area (Å²) in [5, 5.41) is 2.39. The summed E-state index contributed by atoms with van der Waals surface area (Å²) < 4.78 is 41.3. The Balaban J connectivity index is 1.62. The molecule has 8 nitrogen and oxygen atoms in total. The van der Waals surface area contributed by atoms with Crippen molar-refractivity contribution in [1.29, 1.82) is 0 Å². The number of hydrogen-bond acceptors (Lipinski definition) is 6. The van der Waals surface area contributed by atoms with Gasteiger partial charge in [0.2, 0.25) is 5.91 Å². The Labute approximate surface area is 245 Å². The number of rotatable bonds is 16. The summed E-state index contributed by atoms with van der Waals surface area (Å²) in [7, 11) is 0. The third-order valence-corrected chi connectivity index (χ3v) is 6.92. The molecule has 3 rings (SSSR count). The van der Waals surface area contributed by atoms with E-state index in [0.29, 0.717) is 50.8 Å². The number of halogens is 2. The normalized spacial score (nSPS) is 15.9. The molecule has 0 aromatic heterocycles. The lowest BCUT2D eigenvalue weighted by Gasteiger charge is -2.27. The first-order chi connectivity index (χ1) is 20.2. The van der Waals surface area contributed by atoms with E-state index in [2.05, 4.69) is 5.32 Å². The van der Waals surface area contributed by atoms with Crippen molar-refractivity contribution in [2.24, 2.45) is 0 Å². The molecule has 1 saturated heterocycles. The first-order valence-electron chi connectivity index (χ1n) is 14.3. The van der Waals surface area contributed by atoms with Crippen LogP contribution in [0, 0.1) is 0 Å². The second-order valence-corrected chi connectivity index (χ2v) is 10.00. The summed E-state index contributed by atoms with van der Waals surface area (Å²) in [6, 6.07) is 14.8. The molecule has 2 aromatic rings. The Hall–Kier alpha value is -4.08. The summed E-state index contributed by atoms with van der Waals surface area (Å²) in [4.78, 5) is 50.5. The number of benzene rings is 2. The van der Waals surface area contributed by atoms with Gasteiger partial charge in [0, 0.05) is 30.5 Å². The van der Waals surface area contributed by atoms with Crippen molar-refractivity contribution in [3.8, 4) is 0 Å². The van der Waals surface area contributed by atoms with Crippen LogP contribution in [0.4, 0.5) is 8.78 Å². The molecule has 0 bridgehead atoms. The molecule has 0 saturated carbocycles. The van der Waals surface area contributed by atoms with Crippen molar-refractivity contribution < 1.29 is 37.4 Å². The quantitative estimate of drug-likeness (QED) is 0.166. The van der Waals surface area contributed by atoms with Gasteiger partial charge in [0.25, 0.3) is 5.91 Å². The van der Waals surface area contributed by atoms with E-state index in [1.54, 1.807) is 48.2 Å². The lowest BCUT2D eigenvalue weighted by molar-refractivity contribution is -0.166. The molecule has 10 heteroatoms. The predicted octanol–water partition coefficient (Wildman–Crippen LogP) is 5.18. The first-order valence-corrected chi connectivity index (χ1v) is 14.3. The molecule has 1 aliphatic rings. The minimum Gasteiger partial charge on any atom is -0.466 e. The molecule has 0 spiro atoms. The lowest BCUT2D eigenvalue weighted by Crippen LogP contribution is -2.38. The van der Waals surface area contributed by atoms with Crippen LogP contribution in [-0.4, -0.2) is 60.5 Å². The van der Waals surface area contributed by atoms with Gasteiger partial charge in [-0.3, -0.25) is 19.2 Å². The van der Waals surface area contributed by atoms with Crippen LogP contribution < -0.4 is 5.32 Å². The molecule has 1 aliphatic heterocycles. The van der Waals surface area contributed by atoms with Crippen LogP contribution in [0.2, 0.25) is 0 Å². The number of amides is 2. The number of ether oxygens (including phenoxy) is 2. The molecule has 2 aromatic carbocycles. The molecule has 0 radical (unpaired) electrons. The molecule has 2 amide bonds. The number of esters is 2. The Kier molecular flexibility index (Phi) is 12.7. The maximum atomic E-state index is 15.6. The topological polar surface area (TPSA) is 102 Å². The van der Waals surface area contributed by atoms with Gasteiger partial charge in [-0.15, -0.1) is 0 Å². The second-order valence-electron chi connectivity index (χ2n) is 10.00. The van der Waals surface area contributed by atoms with Crippen molar-refractivity contribution in [2.75, 3.05) is 19.7 Å². The Morgan fingerprint density at radius 3 is 2.36 bits per heavy atom. The Morgan fingerprint density at radius 2 is 1.67 bits per heavy atom. The van der Waals surface area contributed by atoms with E-state index >= 15 is 8.78 Å². The zero-order valence-electron chi connectivity index (χ0n) is 23.8. The summed E-state index contributed by atoms with van der Waals surface area (Å²) in [5.41, 5.74) is -0.00991. The summed E-state index contributed by atoms with van der Waals surface area (Å²) in [6.45, 7) is 1.98. The van der Waals surface area contributed by atoms with Crippen LogP contribution in [-0.2, 0) is 29.8 Å². The molecule has 1 fully saturated rings. The van der Waals surface area contributed by atoms with Crippen LogP contribution in [0.5, 0.6) is 0 Å². The molecule has 1 N–H and O–H groups in total. The smallest absolute Gasteiger partial charge is 0.326 e. The molecule has 0 unspecified atom stereocenters. The van der Waals surface area contributed by atoms with Gasteiger partial charge >= 0.3 is 17.9 Å². The highest BCUT2D eigenvalue weighted by Crippen LogP contribution is 2.35. The molecular formula is C32H38F2N2O6. The Bertz CT molecular complexity index is 1210. The SMILES string of the molecule is CCOC(=O)CCCCCCN1C(=O)CC[C@@H]1/C=C/[C@@H](OC(=O)CNC(=O)c1ccccc1)C(F)(F)c1ccccc1. The fraction of sp³-hybridized carbons (Fsp3) is 0.438. The average molecular weight is 585 g/mol. The monoisotopic (exact) mass is 584 g/mol. The summed E-state index contributed by atoms with van der Waals surface area (Å²) in [6.07, 6.45) is 4.81. The van der Waals surface area contributed by atoms with Crippen LogP contribution in [0.3, 0.4) is 0 Å². The molecule has 226 valence electrons. The van der Waals surface area contributed by atoms with Crippen molar-refractivity contribution >= 4 is 23.8 Å². The fourth-order valence-corrected chi connectivity index (χ4v) is 4.70. The number of nitrogens with zero attached hydrogens (tertiary/aromatic N) is 1. The van der Waals surface area contributed by atoms with Crippen LogP contribution in [0.1, 0.15) is 67.8 Å². The molecule has 1 heterocycles. The number of alkyl halides is 2. The van der Waals surface area contributed by atoms with Gasteiger partial charge in [0.15, 0.2) is 6.10 Å². The number of likely N-dealkylation sites (tertiary alicyclic amines) is 1. The molecular weight excluding hydrogens is 546 g/mol. The minimum atomic E-state index is -3.57. The highest BCUT2D eigenvalue weighted by molar-refractivity contribution is 5.95. The van der Waals surface area contributed by atoms with Crippen LogP contribution in [0.15, 0.2) is 72.8 Å². The van der Waals surface area contributed by atoms with Gasteiger partial charge in [0.05, 0.1) is 12.6 Å². The van der Waals surface area contributed by atoms with Crippen molar-refractivity contribution in [3.05, 3.63) is 83.9 Å². The number of unbranched alkanes of at least 4 members (excludes halogenated alkanes) is 3. The first kappa shape index (κ1) is 32.4. The number of hydrogen-bond donors (Lipinski definition) is 1. The van der Waals surface area contributed by atoms with Crippen LogP contribution in [0.25, 0.3) is 0 Å². The third-order valence-electron chi connectivity index (χ3n) is 6.92. The number of carbonyl (C=O) groups excluding carboxylic acids is 4. The highest BCUT2D eigenvalue weighted by Gasteiger charge is 2.43. The van der Waals surface area contributed by atoms with E-state index in [4.69, 9.17) is 9.47 Å². The summed E-state index contributed by atoms with van der Waals surface area (Å²) >= 11 is 0. The van der Waals surface area contributed by atoms with E-state index in [9.17, 15) is 19.2 Å². The lowest BCUT2D eigenvalue weighted by atomic mass is 10.0. The van der Waals surface area contributed by atoms with E-state index in [1.807, 2.05) is 0 Å². The molecule has 2 atom stereocenters. The van der Waals surface area contributed by atoms with Crippen molar-refractivity contribution in [3.63, 3.8) is 0 Å². The highest BCUT2D eigenvalue weighted by atomic mass is 19.3. The summed E-state index contributed by atoms with van der Waals surface area (Å²) in [5.74, 6) is -5.41. The van der Waals surface area contributed by atoms with Gasteiger partial charge in [-0.25, -0.2) is 0 Å². The Morgan fingerprint density at radius 1 is 1.00 bits per heavy atom. The molecule has 0 aliphatic carbocycles. The minimum absolute atomic E-state index is 0.0665. The van der Waals surface area contributed by atoms with Gasteiger partial charge in [-0.1, -0.05) is 67.4 Å². The zero-order valence-corrected chi connectivity index (χ0v) is 23.8. The van der Waals surface area contributed by atoms with Gasteiger partial charge in [-0.05, 0) is 44.4 Å². The van der Waals surface area contributed by atoms with Gasteiger partial charge < -0.3 is 19.7 Å². The third kappa shape index (κ3) is 9.78. The van der Waals surface area contributed by atoms with Crippen molar-refractivity contribution in [2.45, 2.75) is 69.9 Å².